The van der Waals surface area contributed by atoms with Crippen molar-refractivity contribution in [1.29, 1.82) is 0 Å². The van der Waals surface area contributed by atoms with Gasteiger partial charge in [-0.25, -0.2) is 4.98 Å². The van der Waals surface area contributed by atoms with Crippen LogP contribution < -0.4 is 15.0 Å². The van der Waals surface area contributed by atoms with Crippen molar-refractivity contribution in [2.45, 2.75) is 18.9 Å². The zero-order valence-electron chi connectivity index (χ0n) is 12.1. The maximum absolute atomic E-state index is 5.50. The van der Waals surface area contributed by atoms with Crippen LogP contribution >= 0.6 is 0 Å². The molecular weight excluding hydrogens is 250 g/mol. The molecule has 0 bridgehead atoms. The van der Waals surface area contributed by atoms with E-state index in [0.717, 1.165) is 42.5 Å². The lowest BCUT2D eigenvalue weighted by Gasteiger charge is -2.33. The second-order valence-electron chi connectivity index (χ2n) is 5.30. The van der Waals surface area contributed by atoms with Crippen LogP contribution in [0.4, 0.5) is 5.69 Å². The van der Waals surface area contributed by atoms with Gasteiger partial charge in [0.05, 0.1) is 12.6 Å². The molecule has 0 spiro atoms. The number of aromatic nitrogens is 1. The summed E-state index contributed by atoms with van der Waals surface area (Å²) in [5.74, 6) is 0.713. The number of anilines is 1. The molecule has 1 saturated heterocycles. The molecule has 1 aromatic carbocycles. The number of piperidine rings is 1. The number of fused-ring (bicyclic) bond motifs is 1. The van der Waals surface area contributed by atoms with E-state index in [1.54, 1.807) is 7.11 Å². The number of para-hydroxylation sites is 1. The Kier molecular flexibility index (Phi) is 3.74. The predicted octanol–water partition coefficient (Wildman–Crippen LogP) is 2.43. The third-order valence-electron chi connectivity index (χ3n) is 4.10. The molecule has 1 N–H and O–H groups in total. The molecule has 4 heteroatoms. The number of nitrogens with one attached hydrogen (secondary N) is 1. The Morgan fingerprint density at radius 1 is 1.25 bits per heavy atom. The van der Waals surface area contributed by atoms with Crippen molar-refractivity contribution in [2.24, 2.45) is 0 Å². The summed E-state index contributed by atoms with van der Waals surface area (Å²) in [6, 6.07) is 10.9. The van der Waals surface area contributed by atoms with Gasteiger partial charge in [0.1, 0.15) is 5.69 Å². The standard InChI is InChI=1S/C16H21N3O/c1-19(13-7-9-17-10-8-13)15-11-12-5-3-4-6-14(12)18-16(15)20-2/h3-6,11,13,17H,7-10H2,1-2H3. The third-order valence-corrected chi connectivity index (χ3v) is 4.10. The van der Waals surface area contributed by atoms with Gasteiger partial charge in [-0.05, 0) is 38.1 Å². The molecule has 106 valence electrons. The number of ether oxygens (including phenoxy) is 1. The van der Waals surface area contributed by atoms with Gasteiger partial charge in [0.2, 0.25) is 5.88 Å². The maximum atomic E-state index is 5.50. The summed E-state index contributed by atoms with van der Waals surface area (Å²) in [5, 5.41) is 4.56. The minimum atomic E-state index is 0.549. The monoisotopic (exact) mass is 271 g/mol. The summed E-state index contributed by atoms with van der Waals surface area (Å²) in [5.41, 5.74) is 2.06. The SMILES string of the molecule is COc1nc2ccccc2cc1N(C)C1CCNCC1. The fourth-order valence-electron chi connectivity index (χ4n) is 2.88. The molecule has 1 aliphatic heterocycles. The fourth-order valence-corrected chi connectivity index (χ4v) is 2.88. The van der Waals surface area contributed by atoms with E-state index in [4.69, 9.17) is 4.74 Å². The highest BCUT2D eigenvalue weighted by atomic mass is 16.5. The predicted molar refractivity (Wildman–Crippen MR) is 82.6 cm³/mol. The lowest BCUT2D eigenvalue weighted by atomic mass is 10.0. The van der Waals surface area contributed by atoms with E-state index in [0.29, 0.717) is 11.9 Å². The minimum Gasteiger partial charge on any atom is -0.480 e. The van der Waals surface area contributed by atoms with Gasteiger partial charge in [0.25, 0.3) is 0 Å². The third kappa shape index (κ3) is 2.43. The normalized spacial score (nSPS) is 16.3. The maximum Gasteiger partial charge on any atom is 0.237 e. The fraction of sp³-hybridized carbons (Fsp3) is 0.438. The van der Waals surface area contributed by atoms with Crippen molar-refractivity contribution in [2.75, 3.05) is 32.1 Å². The Balaban J connectivity index is 1.99. The highest BCUT2D eigenvalue weighted by Gasteiger charge is 2.21. The van der Waals surface area contributed by atoms with E-state index in [1.807, 2.05) is 18.2 Å². The van der Waals surface area contributed by atoms with Gasteiger partial charge in [-0.15, -0.1) is 0 Å². The van der Waals surface area contributed by atoms with Crippen molar-refractivity contribution >= 4 is 16.6 Å². The number of nitrogens with zero attached hydrogens (tertiary/aromatic N) is 2. The zero-order chi connectivity index (χ0) is 13.9. The summed E-state index contributed by atoms with van der Waals surface area (Å²) in [6.07, 6.45) is 2.32. The number of methoxy groups -OCH3 is 1. The van der Waals surface area contributed by atoms with Gasteiger partial charge in [-0.2, -0.15) is 0 Å². The van der Waals surface area contributed by atoms with Crippen molar-refractivity contribution in [3.8, 4) is 5.88 Å². The highest BCUT2D eigenvalue weighted by molar-refractivity contribution is 5.84. The molecule has 20 heavy (non-hydrogen) atoms. The molecule has 0 aliphatic carbocycles. The Hall–Kier alpha value is -1.81. The van der Waals surface area contributed by atoms with Gasteiger partial charge in [-0.1, -0.05) is 18.2 Å². The van der Waals surface area contributed by atoms with Crippen LogP contribution in [0, 0.1) is 0 Å². The Bertz CT molecular complexity index is 593. The Morgan fingerprint density at radius 3 is 2.75 bits per heavy atom. The molecule has 1 fully saturated rings. The van der Waals surface area contributed by atoms with E-state index in [-0.39, 0.29) is 0 Å². The summed E-state index contributed by atoms with van der Waals surface area (Å²) < 4.78 is 5.50. The number of benzene rings is 1. The van der Waals surface area contributed by atoms with Gasteiger partial charge in [0.15, 0.2) is 0 Å². The van der Waals surface area contributed by atoms with E-state index in [2.05, 4.69) is 34.4 Å². The largest absolute Gasteiger partial charge is 0.480 e. The van der Waals surface area contributed by atoms with Crippen LogP contribution in [-0.2, 0) is 0 Å². The molecule has 1 aliphatic rings. The summed E-state index contributed by atoms with van der Waals surface area (Å²) in [4.78, 5) is 6.95. The number of pyridine rings is 1. The number of hydrogen-bond acceptors (Lipinski definition) is 4. The van der Waals surface area contributed by atoms with Crippen LogP contribution in [0.5, 0.6) is 5.88 Å². The minimum absolute atomic E-state index is 0.549. The van der Waals surface area contributed by atoms with Crippen LogP contribution in [0.3, 0.4) is 0 Å². The van der Waals surface area contributed by atoms with E-state index in [9.17, 15) is 0 Å². The molecule has 0 amide bonds. The molecule has 2 aromatic rings. The summed E-state index contributed by atoms with van der Waals surface area (Å²) in [7, 11) is 3.83. The number of rotatable bonds is 3. The molecule has 4 nitrogen and oxygen atoms in total. The average Bonchev–Trinajstić information content (AvgIpc) is 2.53. The van der Waals surface area contributed by atoms with E-state index >= 15 is 0 Å². The van der Waals surface area contributed by atoms with Crippen LogP contribution in [0.25, 0.3) is 10.9 Å². The van der Waals surface area contributed by atoms with Gasteiger partial charge in [0, 0.05) is 18.5 Å². The van der Waals surface area contributed by atoms with Crippen molar-refractivity contribution in [1.82, 2.24) is 10.3 Å². The van der Waals surface area contributed by atoms with E-state index in [1.165, 1.54) is 0 Å². The Morgan fingerprint density at radius 2 is 2.00 bits per heavy atom. The molecular formula is C16H21N3O. The van der Waals surface area contributed by atoms with Crippen molar-refractivity contribution in [3.63, 3.8) is 0 Å². The highest BCUT2D eigenvalue weighted by Crippen LogP contribution is 2.31. The lowest BCUT2D eigenvalue weighted by molar-refractivity contribution is 0.393. The van der Waals surface area contributed by atoms with Crippen LogP contribution in [0.15, 0.2) is 30.3 Å². The molecule has 0 unspecified atom stereocenters. The molecule has 1 aromatic heterocycles. The lowest BCUT2D eigenvalue weighted by Crippen LogP contribution is -2.41. The average molecular weight is 271 g/mol. The van der Waals surface area contributed by atoms with Gasteiger partial charge < -0.3 is 15.0 Å². The smallest absolute Gasteiger partial charge is 0.237 e. The summed E-state index contributed by atoms with van der Waals surface area (Å²) in [6.45, 7) is 2.16. The Labute approximate surface area is 119 Å². The molecule has 2 heterocycles. The first-order chi connectivity index (χ1) is 9.79. The second-order valence-corrected chi connectivity index (χ2v) is 5.30. The molecule has 0 saturated carbocycles. The van der Waals surface area contributed by atoms with Gasteiger partial charge >= 0.3 is 0 Å². The summed E-state index contributed by atoms with van der Waals surface area (Å²) >= 11 is 0. The second kappa shape index (κ2) is 5.67. The van der Waals surface area contributed by atoms with Crippen LogP contribution in [0.2, 0.25) is 0 Å². The van der Waals surface area contributed by atoms with Crippen molar-refractivity contribution < 1.29 is 4.74 Å². The first-order valence-corrected chi connectivity index (χ1v) is 7.17. The van der Waals surface area contributed by atoms with Crippen molar-refractivity contribution in [3.05, 3.63) is 30.3 Å². The quantitative estimate of drug-likeness (QED) is 0.930. The first-order valence-electron chi connectivity index (χ1n) is 7.17. The molecule has 3 rings (SSSR count). The topological polar surface area (TPSA) is 37.4 Å². The van der Waals surface area contributed by atoms with E-state index < -0.39 is 0 Å². The van der Waals surface area contributed by atoms with Crippen LogP contribution in [0.1, 0.15) is 12.8 Å². The number of hydrogen-bond donors (Lipinski definition) is 1. The molecule has 0 atom stereocenters. The first kappa shape index (κ1) is 13.2. The van der Waals surface area contributed by atoms with Gasteiger partial charge in [-0.3, -0.25) is 0 Å². The molecule has 0 radical (unpaired) electrons. The van der Waals surface area contributed by atoms with Crippen LogP contribution in [-0.4, -0.2) is 38.3 Å². The zero-order valence-corrected chi connectivity index (χ0v) is 12.1.